The molecule has 0 aromatic rings. The fourth-order valence-electron chi connectivity index (χ4n) is 0.562. The van der Waals surface area contributed by atoms with E-state index in [2.05, 4.69) is 0 Å². The topological polar surface area (TPSA) is 77.8 Å². The van der Waals surface area contributed by atoms with Crippen LogP contribution in [-0.4, -0.2) is 27.0 Å². The maximum Gasteiger partial charge on any atom is 1.00 e. The van der Waals surface area contributed by atoms with Gasteiger partial charge in [0.2, 0.25) is 0 Å². The zero-order chi connectivity index (χ0) is 13.8. The molecule has 0 aromatic carbocycles. The monoisotopic (exact) mass is 300 g/mol. The third-order valence-electron chi connectivity index (χ3n) is 1.04. The smallest absolute Gasteiger partial charge is 0.303 e. The Kier molecular flexibility index (Phi) is 10.7. The van der Waals surface area contributed by atoms with E-state index in [1.807, 2.05) is 0 Å². The molecule has 0 saturated heterocycles. The molecule has 0 rings (SSSR count). The Bertz CT molecular complexity index is 226. The van der Waals surface area contributed by atoms with E-state index in [-0.39, 0.29) is 29.6 Å². The predicted molar refractivity (Wildman–Crippen MR) is 39.9 cm³/mol. The molecule has 12 heteroatoms. The molecular weight excluding hydrogens is 292 g/mol. The van der Waals surface area contributed by atoms with Crippen molar-refractivity contribution in [2.45, 2.75) is 25.7 Å². The van der Waals surface area contributed by atoms with Gasteiger partial charge >= 0.3 is 37.4 Å². The number of hydrogen-bond acceptors (Lipinski definition) is 1. The van der Waals surface area contributed by atoms with Gasteiger partial charge in [-0.1, -0.05) is 6.92 Å². The van der Waals surface area contributed by atoms with E-state index < -0.39 is 32.5 Å². The standard InChI is InChI=1S/C5H5F6.Na.H3O4P/c1-2-3(4(6,7)8)5(9,10)11;;1-5(2,3)4/h2H2,1H3;;(H3,1,2,3,4)/q-1;+1;. The first-order chi connectivity index (χ1) is 6.69. The van der Waals surface area contributed by atoms with Gasteiger partial charge in [-0.15, -0.1) is 5.92 Å². The molecule has 100 valence electrons. The summed E-state index contributed by atoms with van der Waals surface area (Å²) < 4.78 is 77.6. The van der Waals surface area contributed by atoms with Crippen LogP contribution in [0, 0.1) is 5.92 Å². The zero-order valence-electron chi connectivity index (χ0n) is 8.67. The van der Waals surface area contributed by atoms with Crippen molar-refractivity contribution >= 4 is 7.82 Å². The molecule has 0 radical (unpaired) electrons. The van der Waals surface area contributed by atoms with Gasteiger partial charge in [0, 0.05) is 0 Å². The number of rotatable bonds is 1. The summed E-state index contributed by atoms with van der Waals surface area (Å²) in [6, 6.07) is 0. The van der Waals surface area contributed by atoms with Crippen LogP contribution in [0.5, 0.6) is 0 Å². The summed E-state index contributed by atoms with van der Waals surface area (Å²) in [6.45, 7) is 0.816. The van der Waals surface area contributed by atoms with Crippen LogP contribution in [0.15, 0.2) is 0 Å². The van der Waals surface area contributed by atoms with Gasteiger partial charge in [-0.05, 0) is 0 Å². The molecular formula is C5H8F6NaO4P. The second kappa shape index (κ2) is 7.98. The van der Waals surface area contributed by atoms with Gasteiger partial charge in [0.15, 0.2) is 0 Å². The van der Waals surface area contributed by atoms with E-state index in [1.165, 1.54) is 0 Å². The fraction of sp³-hybridized carbons (Fsp3) is 0.800. The summed E-state index contributed by atoms with van der Waals surface area (Å²) >= 11 is 0. The molecule has 0 spiro atoms. The number of halogens is 6. The summed E-state index contributed by atoms with van der Waals surface area (Å²) in [7, 11) is -4.64. The fourth-order valence-corrected chi connectivity index (χ4v) is 0.562. The Morgan fingerprint density at radius 1 is 1.00 bits per heavy atom. The van der Waals surface area contributed by atoms with Crippen molar-refractivity contribution in [2.24, 2.45) is 0 Å². The van der Waals surface area contributed by atoms with Gasteiger partial charge in [0.05, 0.1) is 0 Å². The second-order valence-electron chi connectivity index (χ2n) is 2.34. The molecule has 4 nitrogen and oxygen atoms in total. The number of hydrogen-bond donors (Lipinski definition) is 3. The van der Waals surface area contributed by atoms with Crippen LogP contribution in [0.1, 0.15) is 13.3 Å². The minimum atomic E-state index is -5.26. The van der Waals surface area contributed by atoms with Gasteiger partial charge < -0.3 is 14.7 Å². The van der Waals surface area contributed by atoms with Crippen molar-refractivity contribution in [3.05, 3.63) is 5.92 Å². The van der Waals surface area contributed by atoms with Gasteiger partial charge in [0.25, 0.3) is 12.4 Å². The van der Waals surface area contributed by atoms with Crippen molar-refractivity contribution in [1.82, 2.24) is 0 Å². The van der Waals surface area contributed by atoms with E-state index in [4.69, 9.17) is 19.2 Å². The van der Waals surface area contributed by atoms with Gasteiger partial charge in [0.1, 0.15) is 0 Å². The third kappa shape index (κ3) is 16.7. The first-order valence-corrected chi connectivity index (χ1v) is 5.04. The molecule has 0 aliphatic rings. The largest absolute Gasteiger partial charge is 1.00 e. The molecule has 0 aliphatic carbocycles. The molecule has 0 fully saturated rings. The average molecular weight is 300 g/mol. The van der Waals surface area contributed by atoms with Crippen LogP contribution in [0.2, 0.25) is 0 Å². The number of phosphoric acid groups is 1. The summed E-state index contributed by atoms with van der Waals surface area (Å²) in [6.07, 6.45) is -11.6. The molecule has 0 atom stereocenters. The molecule has 0 aromatic heterocycles. The predicted octanol–water partition coefficient (Wildman–Crippen LogP) is -0.829. The normalized spacial score (nSPS) is 12.6. The average Bonchev–Trinajstić information content (AvgIpc) is 1.74. The first kappa shape index (κ1) is 22.8. The Hall–Kier alpha value is 0.690. The summed E-state index contributed by atoms with van der Waals surface area (Å²) in [5.74, 6) is -2.34. The van der Waals surface area contributed by atoms with Crippen LogP contribution in [-0.2, 0) is 4.57 Å². The summed E-state index contributed by atoms with van der Waals surface area (Å²) in [4.78, 5) is 21.6. The Balaban J connectivity index is -0.000000280. The van der Waals surface area contributed by atoms with Gasteiger partial charge in [-0.3, -0.25) is 0 Å². The van der Waals surface area contributed by atoms with E-state index in [1.54, 1.807) is 0 Å². The molecule has 17 heavy (non-hydrogen) atoms. The van der Waals surface area contributed by atoms with Gasteiger partial charge in [-0.2, -0.15) is 6.42 Å². The molecule has 3 N–H and O–H groups in total. The molecule has 0 unspecified atom stereocenters. The maximum atomic E-state index is 11.5. The van der Waals surface area contributed by atoms with Crippen LogP contribution in [0.25, 0.3) is 0 Å². The van der Waals surface area contributed by atoms with Crippen molar-refractivity contribution in [1.29, 1.82) is 0 Å². The summed E-state index contributed by atoms with van der Waals surface area (Å²) in [5, 5.41) is 0. The Labute approximate surface area is 115 Å². The molecule has 0 amide bonds. The Morgan fingerprint density at radius 3 is 1.18 bits per heavy atom. The maximum absolute atomic E-state index is 11.5. The van der Waals surface area contributed by atoms with Crippen LogP contribution in [0.3, 0.4) is 0 Å². The molecule has 0 aliphatic heterocycles. The summed E-state index contributed by atoms with van der Waals surface area (Å²) in [5.41, 5.74) is 0. The minimum absolute atomic E-state index is 0. The molecule has 0 heterocycles. The minimum Gasteiger partial charge on any atom is -0.303 e. The molecule has 0 bridgehead atoms. The van der Waals surface area contributed by atoms with Gasteiger partial charge in [-0.25, -0.2) is 30.9 Å². The zero-order valence-corrected chi connectivity index (χ0v) is 11.6. The van der Waals surface area contributed by atoms with Crippen LogP contribution >= 0.6 is 7.82 Å². The SMILES string of the molecule is CC[C-](C(F)(F)F)C(F)(F)F.O=P(O)(O)O.[Na+]. The van der Waals surface area contributed by atoms with Crippen molar-refractivity contribution in [2.75, 3.05) is 0 Å². The Morgan fingerprint density at radius 2 is 1.18 bits per heavy atom. The van der Waals surface area contributed by atoms with Crippen molar-refractivity contribution in [3.63, 3.8) is 0 Å². The van der Waals surface area contributed by atoms with E-state index >= 15 is 0 Å². The second-order valence-corrected chi connectivity index (χ2v) is 3.37. The van der Waals surface area contributed by atoms with Crippen LogP contribution in [0.4, 0.5) is 26.3 Å². The van der Waals surface area contributed by atoms with E-state index in [0.717, 1.165) is 6.92 Å². The van der Waals surface area contributed by atoms with E-state index in [9.17, 15) is 26.3 Å². The van der Waals surface area contributed by atoms with Crippen LogP contribution < -0.4 is 29.6 Å². The van der Waals surface area contributed by atoms with E-state index in [0.29, 0.717) is 0 Å². The van der Waals surface area contributed by atoms with Crippen molar-refractivity contribution in [3.8, 4) is 0 Å². The third-order valence-corrected chi connectivity index (χ3v) is 1.04. The quantitative estimate of drug-likeness (QED) is 0.256. The molecule has 0 saturated carbocycles. The van der Waals surface area contributed by atoms with Crippen molar-refractivity contribution < 1.29 is 75.1 Å². The first-order valence-electron chi connectivity index (χ1n) is 3.48. The number of alkyl halides is 6.